The quantitative estimate of drug-likeness (QED) is 0.589. The third-order valence-electron chi connectivity index (χ3n) is 3.37. The summed E-state index contributed by atoms with van der Waals surface area (Å²) in [6.45, 7) is 2.42. The van der Waals surface area contributed by atoms with Crippen molar-refractivity contribution in [1.82, 2.24) is 5.32 Å². The smallest absolute Gasteiger partial charge is 0.270 e. The Balaban J connectivity index is 2.29. The Morgan fingerprint density at radius 3 is 3.00 bits per heavy atom. The molecule has 1 heterocycles. The number of morpholine rings is 1. The second-order valence-corrected chi connectivity index (χ2v) is 4.82. The zero-order chi connectivity index (χ0) is 15.4. The summed E-state index contributed by atoms with van der Waals surface area (Å²) in [5.74, 6) is -0.676. The van der Waals surface area contributed by atoms with Gasteiger partial charge in [-0.05, 0) is 13.1 Å². The average Bonchev–Trinajstić information content (AvgIpc) is 2.47. The van der Waals surface area contributed by atoms with Gasteiger partial charge in [0.15, 0.2) is 0 Å². The molecule has 1 aliphatic rings. The maximum atomic E-state index is 11.6. The molecule has 1 atom stereocenters. The predicted molar refractivity (Wildman–Crippen MR) is 77.5 cm³/mol. The number of anilines is 1. The molecule has 0 aromatic heterocycles. The Bertz CT molecular complexity index is 547. The van der Waals surface area contributed by atoms with Gasteiger partial charge in [0.2, 0.25) is 0 Å². The number of carbonyl (C=O) groups is 1. The van der Waals surface area contributed by atoms with Gasteiger partial charge in [-0.15, -0.1) is 0 Å². The highest BCUT2D eigenvalue weighted by molar-refractivity contribution is 5.99. The lowest BCUT2D eigenvalue weighted by Crippen LogP contribution is -2.46. The van der Waals surface area contributed by atoms with Crippen LogP contribution in [0.15, 0.2) is 18.2 Å². The number of likely N-dealkylation sites (N-methyl/N-ethyl adjacent to an activating group) is 1. The van der Waals surface area contributed by atoms with Crippen LogP contribution < -0.4 is 16.0 Å². The maximum absolute atomic E-state index is 11.6. The number of ether oxygens (including phenoxy) is 1. The van der Waals surface area contributed by atoms with E-state index >= 15 is 0 Å². The van der Waals surface area contributed by atoms with Crippen molar-refractivity contribution in [3.8, 4) is 0 Å². The number of benzene rings is 1. The van der Waals surface area contributed by atoms with E-state index in [4.69, 9.17) is 10.5 Å². The minimum atomic E-state index is -0.676. The molecule has 0 bridgehead atoms. The van der Waals surface area contributed by atoms with E-state index in [0.717, 1.165) is 0 Å². The van der Waals surface area contributed by atoms with Gasteiger partial charge in [0.05, 0.1) is 28.9 Å². The lowest BCUT2D eigenvalue weighted by atomic mass is 10.1. The van der Waals surface area contributed by atoms with Crippen molar-refractivity contribution in [1.29, 1.82) is 0 Å². The zero-order valence-electron chi connectivity index (χ0n) is 11.7. The van der Waals surface area contributed by atoms with Gasteiger partial charge in [0.25, 0.3) is 11.6 Å². The first-order valence-corrected chi connectivity index (χ1v) is 6.62. The fourth-order valence-electron chi connectivity index (χ4n) is 2.40. The summed E-state index contributed by atoms with van der Waals surface area (Å²) in [6.07, 6.45) is -0.000307. The largest absolute Gasteiger partial charge is 0.373 e. The number of primary amides is 1. The minimum Gasteiger partial charge on any atom is -0.373 e. The Labute approximate surface area is 122 Å². The molecule has 1 fully saturated rings. The van der Waals surface area contributed by atoms with Crippen LogP contribution in [0.4, 0.5) is 11.4 Å². The third-order valence-corrected chi connectivity index (χ3v) is 3.37. The lowest BCUT2D eigenvalue weighted by molar-refractivity contribution is -0.384. The number of non-ortho nitro benzene ring substituents is 1. The van der Waals surface area contributed by atoms with Crippen LogP contribution in [0.3, 0.4) is 0 Å². The van der Waals surface area contributed by atoms with Crippen LogP contribution in [0.5, 0.6) is 0 Å². The zero-order valence-corrected chi connectivity index (χ0v) is 11.7. The van der Waals surface area contributed by atoms with E-state index in [9.17, 15) is 14.9 Å². The SMILES string of the molecule is CNCC1CN(c2ccc([N+](=O)[O-])cc2C(N)=O)CCO1. The first-order valence-electron chi connectivity index (χ1n) is 6.62. The number of rotatable bonds is 5. The number of amides is 1. The van der Waals surface area contributed by atoms with Gasteiger partial charge in [-0.2, -0.15) is 0 Å². The Morgan fingerprint density at radius 2 is 2.38 bits per heavy atom. The van der Waals surface area contributed by atoms with E-state index in [-0.39, 0.29) is 17.4 Å². The van der Waals surface area contributed by atoms with Gasteiger partial charge in [0, 0.05) is 31.8 Å². The third kappa shape index (κ3) is 3.47. The van der Waals surface area contributed by atoms with Gasteiger partial charge in [-0.25, -0.2) is 0 Å². The molecule has 0 aliphatic carbocycles. The summed E-state index contributed by atoms with van der Waals surface area (Å²) < 4.78 is 5.60. The topological polar surface area (TPSA) is 111 Å². The first kappa shape index (κ1) is 15.2. The number of carbonyl (C=O) groups excluding carboxylic acids is 1. The van der Waals surface area contributed by atoms with Gasteiger partial charge in [-0.3, -0.25) is 14.9 Å². The highest BCUT2D eigenvalue weighted by Crippen LogP contribution is 2.26. The van der Waals surface area contributed by atoms with Crippen LogP contribution in [0, 0.1) is 10.1 Å². The summed E-state index contributed by atoms with van der Waals surface area (Å²) in [6, 6.07) is 4.17. The van der Waals surface area contributed by atoms with Gasteiger partial charge in [0.1, 0.15) is 0 Å². The van der Waals surface area contributed by atoms with E-state index in [1.807, 2.05) is 11.9 Å². The molecule has 3 N–H and O–H groups in total. The van der Waals surface area contributed by atoms with Crippen molar-refractivity contribution >= 4 is 17.3 Å². The van der Waals surface area contributed by atoms with Crippen LogP contribution in [0.1, 0.15) is 10.4 Å². The van der Waals surface area contributed by atoms with Crippen LogP contribution in [-0.4, -0.2) is 50.2 Å². The summed E-state index contributed by atoms with van der Waals surface area (Å²) in [7, 11) is 1.84. The van der Waals surface area contributed by atoms with Gasteiger partial charge >= 0.3 is 0 Å². The monoisotopic (exact) mass is 294 g/mol. The van der Waals surface area contributed by atoms with Crippen LogP contribution in [0.25, 0.3) is 0 Å². The van der Waals surface area contributed by atoms with E-state index in [2.05, 4.69) is 5.32 Å². The van der Waals surface area contributed by atoms with Crippen LogP contribution in [0.2, 0.25) is 0 Å². The lowest BCUT2D eigenvalue weighted by Gasteiger charge is -2.35. The number of nitro groups is 1. The Kier molecular flexibility index (Phi) is 4.71. The average molecular weight is 294 g/mol. The summed E-state index contributed by atoms with van der Waals surface area (Å²) in [4.78, 5) is 23.8. The molecule has 21 heavy (non-hydrogen) atoms. The number of hydrogen-bond acceptors (Lipinski definition) is 6. The van der Waals surface area contributed by atoms with E-state index < -0.39 is 10.8 Å². The molecule has 1 saturated heterocycles. The molecule has 0 radical (unpaired) electrons. The van der Waals surface area contributed by atoms with E-state index in [1.165, 1.54) is 12.1 Å². The molecular formula is C13H18N4O4. The second kappa shape index (κ2) is 6.51. The number of nitrogens with zero attached hydrogens (tertiary/aromatic N) is 2. The van der Waals surface area contributed by atoms with Crippen molar-refractivity contribution in [3.05, 3.63) is 33.9 Å². The minimum absolute atomic E-state index is 0.000307. The molecular weight excluding hydrogens is 276 g/mol. The molecule has 1 amide bonds. The summed E-state index contributed by atoms with van der Waals surface area (Å²) in [5, 5.41) is 13.9. The molecule has 0 spiro atoms. The predicted octanol–water partition coefficient (Wildman–Crippen LogP) is 0.118. The highest BCUT2D eigenvalue weighted by atomic mass is 16.6. The molecule has 1 unspecified atom stereocenters. The number of nitro benzene ring substituents is 1. The van der Waals surface area contributed by atoms with Crippen LogP contribution in [-0.2, 0) is 4.74 Å². The summed E-state index contributed by atoms with van der Waals surface area (Å²) >= 11 is 0. The van der Waals surface area contributed by atoms with E-state index in [0.29, 0.717) is 31.9 Å². The van der Waals surface area contributed by atoms with Crippen molar-refractivity contribution in [2.45, 2.75) is 6.10 Å². The van der Waals surface area contributed by atoms with Crippen molar-refractivity contribution in [3.63, 3.8) is 0 Å². The number of nitrogens with two attached hydrogens (primary N) is 1. The van der Waals surface area contributed by atoms with Crippen LogP contribution >= 0.6 is 0 Å². The number of nitrogens with one attached hydrogen (secondary N) is 1. The van der Waals surface area contributed by atoms with Gasteiger partial charge < -0.3 is 20.7 Å². The van der Waals surface area contributed by atoms with Crippen molar-refractivity contribution in [2.75, 3.05) is 38.2 Å². The first-order chi connectivity index (χ1) is 10.0. The molecule has 1 aromatic carbocycles. The Morgan fingerprint density at radius 1 is 1.62 bits per heavy atom. The molecule has 114 valence electrons. The maximum Gasteiger partial charge on any atom is 0.270 e. The molecule has 2 rings (SSSR count). The molecule has 1 aromatic rings. The Hall–Kier alpha value is -2.19. The number of hydrogen-bond donors (Lipinski definition) is 2. The molecule has 0 saturated carbocycles. The summed E-state index contributed by atoms with van der Waals surface area (Å²) in [5.41, 5.74) is 5.98. The molecule has 8 nitrogen and oxygen atoms in total. The van der Waals surface area contributed by atoms with Crippen molar-refractivity contribution in [2.24, 2.45) is 5.73 Å². The molecule has 8 heteroatoms. The standard InChI is InChI=1S/C13H18N4O4/c1-15-7-10-8-16(4-5-21-10)12-3-2-9(17(19)20)6-11(12)13(14)18/h2-3,6,10,15H,4-5,7-8H2,1H3,(H2,14,18). The molecule has 1 aliphatic heterocycles. The van der Waals surface area contributed by atoms with Crippen molar-refractivity contribution < 1.29 is 14.5 Å². The normalized spacial score (nSPS) is 18.5. The fourth-order valence-corrected chi connectivity index (χ4v) is 2.40. The highest BCUT2D eigenvalue weighted by Gasteiger charge is 2.24. The second-order valence-electron chi connectivity index (χ2n) is 4.82. The fraction of sp³-hybridized carbons (Fsp3) is 0.462. The van der Waals surface area contributed by atoms with Gasteiger partial charge in [-0.1, -0.05) is 0 Å². The van der Waals surface area contributed by atoms with E-state index in [1.54, 1.807) is 6.07 Å².